The molecule has 0 spiro atoms. The Morgan fingerprint density at radius 1 is 1.00 bits per heavy atom. The average molecular weight is 470 g/mol. The number of hydrogen-bond donors (Lipinski definition) is 1. The molecule has 5 nitrogen and oxygen atoms in total. The molecule has 0 aliphatic rings. The van der Waals surface area contributed by atoms with Crippen molar-refractivity contribution in [3.8, 4) is 11.1 Å². The highest BCUT2D eigenvalue weighted by molar-refractivity contribution is 6.07. The minimum atomic E-state index is -1.07. The lowest BCUT2D eigenvalue weighted by molar-refractivity contribution is -0.145. The van der Waals surface area contributed by atoms with Crippen LogP contribution in [-0.2, 0) is 14.3 Å². The fraction of sp³-hybridized carbons (Fsp3) is 0.267. The monoisotopic (exact) mass is 469 g/mol. The molecule has 4 aromatic rings. The second kappa shape index (κ2) is 10.7. The van der Waals surface area contributed by atoms with Gasteiger partial charge in [-0.2, -0.15) is 0 Å². The number of pyridine rings is 1. The molecule has 5 heteroatoms. The van der Waals surface area contributed by atoms with Gasteiger partial charge < -0.3 is 14.2 Å². The molecule has 1 N–H and O–H groups in total. The van der Waals surface area contributed by atoms with Gasteiger partial charge in [-0.05, 0) is 42.0 Å². The molecule has 0 fully saturated rings. The molecule has 2 aromatic heterocycles. The number of rotatable bonds is 9. The topological polar surface area (TPSA) is 68.0 Å². The third kappa shape index (κ3) is 5.20. The van der Waals surface area contributed by atoms with E-state index in [9.17, 15) is 14.7 Å². The molecule has 180 valence electrons. The van der Waals surface area contributed by atoms with Crippen LogP contribution >= 0.6 is 0 Å². The van der Waals surface area contributed by atoms with Gasteiger partial charge >= 0.3 is 5.97 Å². The van der Waals surface area contributed by atoms with E-state index in [1.54, 1.807) is 6.92 Å². The molecule has 2 aromatic carbocycles. The van der Waals surface area contributed by atoms with Crippen molar-refractivity contribution in [3.05, 3.63) is 84.2 Å². The number of nitrogens with zero attached hydrogens (tertiary/aromatic N) is 1. The lowest BCUT2D eigenvalue weighted by atomic mass is 9.95. The summed E-state index contributed by atoms with van der Waals surface area (Å²) in [5, 5.41) is 12.5. The molecule has 1 atom stereocenters. The molecule has 0 aliphatic heterocycles. The molecule has 0 radical (unpaired) electrons. The fourth-order valence-corrected chi connectivity index (χ4v) is 4.67. The maximum Gasteiger partial charge on any atom is 0.308 e. The molecule has 0 amide bonds. The number of aliphatic hydroxyl groups is 1. The fourth-order valence-electron chi connectivity index (χ4n) is 4.67. The van der Waals surface area contributed by atoms with Crippen molar-refractivity contribution < 1.29 is 19.4 Å². The number of esters is 1. The summed E-state index contributed by atoms with van der Waals surface area (Å²) in [5.41, 5.74) is 5.34. The number of ketones is 1. The van der Waals surface area contributed by atoms with Gasteiger partial charge in [0.1, 0.15) is 0 Å². The molecule has 0 aliphatic carbocycles. The highest BCUT2D eigenvalue weighted by Crippen LogP contribution is 2.40. The summed E-state index contributed by atoms with van der Waals surface area (Å²) in [6.45, 7) is 6.25. The quantitative estimate of drug-likeness (QED) is 0.235. The summed E-state index contributed by atoms with van der Waals surface area (Å²) < 4.78 is 7.10. The number of benzene rings is 2. The van der Waals surface area contributed by atoms with Gasteiger partial charge in [0.25, 0.3) is 0 Å². The van der Waals surface area contributed by atoms with Gasteiger partial charge in [0.2, 0.25) is 0 Å². The Bertz CT molecular complexity index is 1380. The normalized spacial score (nSPS) is 12.6. The van der Waals surface area contributed by atoms with Crippen molar-refractivity contribution in [2.45, 2.75) is 45.6 Å². The van der Waals surface area contributed by atoms with Gasteiger partial charge in [0.05, 0.1) is 24.6 Å². The number of fused-ring (bicyclic) bond motifs is 3. The standard InChI is InChI=1S/C30H31NO4/c1-4-35-27(34)19-24(33)18-23(32)14-15-26-28(22-11-6-5-7-12-22)30-25-13-9-8-10-21(25)16-17-31(30)29(26)20(2)3/h5-17,20,24,33H,4,18-19H2,1-3H3/b15-14+. The number of carbonyl (C=O) groups is 2. The molecule has 0 saturated heterocycles. The Morgan fingerprint density at radius 3 is 2.43 bits per heavy atom. The maximum absolute atomic E-state index is 12.7. The predicted octanol–water partition coefficient (Wildman–Crippen LogP) is 6.17. The summed E-state index contributed by atoms with van der Waals surface area (Å²) in [6, 6.07) is 20.6. The molecule has 1 unspecified atom stereocenters. The molecule has 2 heterocycles. The number of hydrogen-bond acceptors (Lipinski definition) is 4. The van der Waals surface area contributed by atoms with E-state index >= 15 is 0 Å². The first-order chi connectivity index (χ1) is 16.9. The molecule has 35 heavy (non-hydrogen) atoms. The van der Waals surface area contributed by atoms with Gasteiger partial charge in [0.15, 0.2) is 5.78 Å². The largest absolute Gasteiger partial charge is 0.466 e. The van der Waals surface area contributed by atoms with E-state index in [4.69, 9.17) is 4.74 Å². The number of allylic oxidation sites excluding steroid dienone is 1. The number of ether oxygens (including phenoxy) is 1. The van der Waals surface area contributed by atoms with Crippen LogP contribution < -0.4 is 0 Å². The molecular weight excluding hydrogens is 438 g/mol. The molecule has 0 saturated carbocycles. The van der Waals surface area contributed by atoms with Crippen molar-refractivity contribution in [1.29, 1.82) is 0 Å². The first-order valence-corrected chi connectivity index (χ1v) is 12.1. The Hall–Kier alpha value is -3.70. The number of carbonyl (C=O) groups excluding carboxylic acids is 2. The van der Waals surface area contributed by atoms with Gasteiger partial charge in [-0.25, -0.2) is 0 Å². The van der Waals surface area contributed by atoms with Crippen LogP contribution in [0.25, 0.3) is 33.5 Å². The molecule has 4 rings (SSSR count). The summed E-state index contributed by atoms with van der Waals surface area (Å²) in [7, 11) is 0. The third-order valence-corrected chi connectivity index (χ3v) is 6.09. The number of aromatic nitrogens is 1. The minimum absolute atomic E-state index is 0.136. The Kier molecular flexibility index (Phi) is 7.47. The zero-order valence-electron chi connectivity index (χ0n) is 20.4. The SMILES string of the molecule is CCOC(=O)CC(O)CC(=O)/C=C/c1c(-c2ccccc2)c2c3ccccc3ccn2c1C(C)C. The maximum atomic E-state index is 12.7. The highest BCUT2D eigenvalue weighted by atomic mass is 16.5. The van der Waals surface area contributed by atoms with Crippen molar-refractivity contribution in [1.82, 2.24) is 4.40 Å². The summed E-state index contributed by atoms with van der Waals surface area (Å²) in [6.07, 6.45) is 4.08. The van der Waals surface area contributed by atoms with Crippen LogP contribution in [0.3, 0.4) is 0 Å². The van der Waals surface area contributed by atoms with Crippen molar-refractivity contribution in [2.24, 2.45) is 0 Å². The van der Waals surface area contributed by atoms with Crippen LogP contribution in [-0.4, -0.2) is 34.0 Å². The van der Waals surface area contributed by atoms with Crippen molar-refractivity contribution in [2.75, 3.05) is 6.61 Å². The van der Waals surface area contributed by atoms with Crippen LogP contribution in [0, 0.1) is 0 Å². The van der Waals surface area contributed by atoms with E-state index in [2.05, 4.69) is 54.8 Å². The summed E-state index contributed by atoms with van der Waals surface area (Å²) in [5.74, 6) is -0.545. The van der Waals surface area contributed by atoms with E-state index < -0.39 is 12.1 Å². The van der Waals surface area contributed by atoms with Crippen LogP contribution in [0.1, 0.15) is 50.8 Å². The van der Waals surface area contributed by atoms with Crippen molar-refractivity contribution >= 4 is 34.1 Å². The van der Waals surface area contributed by atoms with Crippen LogP contribution in [0.5, 0.6) is 0 Å². The lowest BCUT2D eigenvalue weighted by Crippen LogP contribution is -2.18. The van der Waals surface area contributed by atoms with Gasteiger partial charge in [-0.15, -0.1) is 0 Å². The first kappa shape index (κ1) is 24.4. The second-order valence-corrected chi connectivity index (χ2v) is 8.98. The van der Waals surface area contributed by atoms with E-state index in [1.165, 1.54) is 6.08 Å². The smallest absolute Gasteiger partial charge is 0.308 e. The minimum Gasteiger partial charge on any atom is -0.466 e. The highest BCUT2D eigenvalue weighted by Gasteiger charge is 2.22. The average Bonchev–Trinajstić information content (AvgIpc) is 3.18. The molecule has 0 bridgehead atoms. The first-order valence-electron chi connectivity index (χ1n) is 12.1. The van der Waals surface area contributed by atoms with Crippen molar-refractivity contribution in [3.63, 3.8) is 0 Å². The van der Waals surface area contributed by atoms with Crippen LogP contribution in [0.15, 0.2) is 72.9 Å². The molecular formula is C30H31NO4. The third-order valence-electron chi connectivity index (χ3n) is 6.09. The van der Waals surface area contributed by atoms with Crippen LogP contribution in [0.2, 0.25) is 0 Å². The van der Waals surface area contributed by atoms with E-state index in [0.29, 0.717) is 0 Å². The van der Waals surface area contributed by atoms with Gasteiger partial charge in [-0.1, -0.05) is 68.4 Å². The second-order valence-electron chi connectivity index (χ2n) is 8.98. The Labute approximate surface area is 205 Å². The zero-order chi connectivity index (χ0) is 24.9. The lowest BCUT2D eigenvalue weighted by Gasteiger charge is -2.10. The van der Waals surface area contributed by atoms with Crippen LogP contribution in [0.4, 0.5) is 0 Å². The van der Waals surface area contributed by atoms with E-state index in [-0.39, 0.29) is 31.1 Å². The van der Waals surface area contributed by atoms with Gasteiger partial charge in [-0.3, -0.25) is 9.59 Å². The van der Waals surface area contributed by atoms with Gasteiger partial charge in [0, 0.05) is 34.8 Å². The predicted molar refractivity (Wildman–Crippen MR) is 140 cm³/mol. The zero-order valence-corrected chi connectivity index (χ0v) is 20.4. The Morgan fingerprint density at radius 2 is 1.71 bits per heavy atom. The summed E-state index contributed by atoms with van der Waals surface area (Å²) >= 11 is 0. The van der Waals surface area contributed by atoms with E-state index in [1.807, 2.05) is 36.4 Å². The summed E-state index contributed by atoms with van der Waals surface area (Å²) in [4.78, 5) is 24.3. The number of aliphatic hydroxyl groups excluding tert-OH is 1. The van der Waals surface area contributed by atoms with E-state index in [0.717, 1.165) is 38.7 Å². The Balaban J connectivity index is 1.82.